The molecule has 0 radical (unpaired) electrons. The molecule has 0 amide bonds. The van der Waals surface area contributed by atoms with Crippen molar-refractivity contribution in [1.82, 2.24) is 5.32 Å². The molecule has 84 valence electrons. The summed E-state index contributed by atoms with van der Waals surface area (Å²) < 4.78 is 10.3. The molecule has 1 rings (SSSR count). The topological polar surface area (TPSA) is 30.5 Å². The Bertz CT molecular complexity index is 282. The zero-order valence-corrected chi connectivity index (χ0v) is 9.80. The van der Waals surface area contributed by atoms with Gasteiger partial charge >= 0.3 is 0 Å². The number of hydrogen-bond acceptors (Lipinski definition) is 3. The van der Waals surface area contributed by atoms with Gasteiger partial charge in [0.1, 0.15) is 11.5 Å². The molecule has 0 saturated carbocycles. The molecular formula is C11H16ClNO2. The van der Waals surface area contributed by atoms with Gasteiger partial charge < -0.3 is 14.8 Å². The van der Waals surface area contributed by atoms with Gasteiger partial charge in [-0.15, -0.1) is 11.6 Å². The molecule has 3 nitrogen and oxygen atoms in total. The zero-order chi connectivity index (χ0) is 11.1. The fraction of sp³-hybridized carbons (Fsp3) is 0.455. The lowest BCUT2D eigenvalue weighted by atomic mass is 10.2. The molecule has 0 fully saturated rings. The van der Waals surface area contributed by atoms with Crippen LogP contribution in [0.25, 0.3) is 0 Å². The van der Waals surface area contributed by atoms with Crippen molar-refractivity contribution in [3.8, 4) is 11.5 Å². The minimum absolute atomic E-state index is 0.612. The standard InChI is InChI=1S/C11H16ClNO2/c1-14-10-5-9(8-13-4-3-12)6-11(7-10)15-2/h5-7,13H,3-4,8H2,1-2H3. The lowest BCUT2D eigenvalue weighted by Crippen LogP contribution is -2.15. The predicted molar refractivity (Wildman–Crippen MR) is 62.0 cm³/mol. The van der Waals surface area contributed by atoms with Crippen LogP contribution in [0.15, 0.2) is 18.2 Å². The molecule has 0 aliphatic rings. The van der Waals surface area contributed by atoms with E-state index in [9.17, 15) is 0 Å². The van der Waals surface area contributed by atoms with Crippen LogP contribution < -0.4 is 14.8 Å². The van der Waals surface area contributed by atoms with Gasteiger partial charge in [0.05, 0.1) is 14.2 Å². The van der Waals surface area contributed by atoms with Crippen molar-refractivity contribution in [3.05, 3.63) is 23.8 Å². The molecule has 0 unspecified atom stereocenters. The number of ether oxygens (including phenoxy) is 2. The molecule has 0 heterocycles. The van der Waals surface area contributed by atoms with Crippen molar-refractivity contribution in [2.45, 2.75) is 6.54 Å². The summed E-state index contributed by atoms with van der Waals surface area (Å²) in [5.41, 5.74) is 1.12. The van der Waals surface area contributed by atoms with Crippen molar-refractivity contribution in [2.24, 2.45) is 0 Å². The van der Waals surface area contributed by atoms with Crippen LogP contribution in [0.3, 0.4) is 0 Å². The second-order valence-corrected chi connectivity index (χ2v) is 3.46. The first-order valence-corrected chi connectivity index (χ1v) is 5.32. The van der Waals surface area contributed by atoms with E-state index in [1.165, 1.54) is 0 Å². The van der Waals surface area contributed by atoms with E-state index in [0.29, 0.717) is 5.88 Å². The van der Waals surface area contributed by atoms with Gasteiger partial charge in [-0.2, -0.15) is 0 Å². The number of rotatable bonds is 6. The minimum Gasteiger partial charge on any atom is -0.497 e. The van der Waals surface area contributed by atoms with E-state index < -0.39 is 0 Å². The zero-order valence-electron chi connectivity index (χ0n) is 9.05. The maximum Gasteiger partial charge on any atom is 0.122 e. The van der Waals surface area contributed by atoms with Crippen molar-refractivity contribution in [3.63, 3.8) is 0 Å². The Morgan fingerprint density at radius 1 is 1.13 bits per heavy atom. The smallest absolute Gasteiger partial charge is 0.122 e. The van der Waals surface area contributed by atoms with Gasteiger partial charge in [-0.05, 0) is 17.7 Å². The average molecular weight is 230 g/mol. The predicted octanol–water partition coefficient (Wildman–Crippen LogP) is 2.03. The Labute approximate surface area is 95.3 Å². The van der Waals surface area contributed by atoms with Gasteiger partial charge in [0.15, 0.2) is 0 Å². The first-order valence-electron chi connectivity index (χ1n) is 4.78. The Kier molecular flexibility index (Phi) is 5.29. The molecule has 1 N–H and O–H groups in total. The lowest BCUT2D eigenvalue weighted by Gasteiger charge is -2.08. The Hall–Kier alpha value is -0.930. The van der Waals surface area contributed by atoms with E-state index in [0.717, 1.165) is 30.2 Å². The van der Waals surface area contributed by atoms with Gasteiger partial charge in [0, 0.05) is 25.0 Å². The van der Waals surface area contributed by atoms with Crippen LogP contribution in [-0.4, -0.2) is 26.6 Å². The summed E-state index contributed by atoms with van der Waals surface area (Å²) in [5, 5.41) is 3.21. The monoisotopic (exact) mass is 229 g/mol. The third kappa shape index (κ3) is 3.98. The molecule has 1 aromatic rings. The van der Waals surface area contributed by atoms with Crippen molar-refractivity contribution >= 4 is 11.6 Å². The minimum atomic E-state index is 0.612. The van der Waals surface area contributed by atoms with E-state index in [-0.39, 0.29) is 0 Å². The van der Waals surface area contributed by atoms with Gasteiger partial charge in [-0.3, -0.25) is 0 Å². The van der Waals surface area contributed by atoms with Crippen LogP contribution in [0.5, 0.6) is 11.5 Å². The van der Waals surface area contributed by atoms with Crippen molar-refractivity contribution < 1.29 is 9.47 Å². The van der Waals surface area contributed by atoms with E-state index in [2.05, 4.69) is 5.32 Å². The number of nitrogens with one attached hydrogen (secondary N) is 1. The second-order valence-electron chi connectivity index (χ2n) is 3.09. The highest BCUT2D eigenvalue weighted by Gasteiger charge is 2.01. The number of methoxy groups -OCH3 is 2. The van der Waals surface area contributed by atoms with Crippen LogP contribution in [-0.2, 0) is 6.54 Å². The lowest BCUT2D eigenvalue weighted by molar-refractivity contribution is 0.393. The third-order valence-electron chi connectivity index (χ3n) is 2.01. The molecule has 1 aromatic carbocycles. The molecule has 0 saturated heterocycles. The molecule has 0 bridgehead atoms. The fourth-order valence-electron chi connectivity index (χ4n) is 1.27. The van der Waals surface area contributed by atoms with Crippen LogP contribution in [0.4, 0.5) is 0 Å². The fourth-order valence-corrected chi connectivity index (χ4v) is 1.40. The molecule has 0 aliphatic heterocycles. The van der Waals surface area contributed by atoms with Gasteiger partial charge in [-0.1, -0.05) is 0 Å². The molecule has 15 heavy (non-hydrogen) atoms. The van der Waals surface area contributed by atoms with Crippen LogP contribution in [0.1, 0.15) is 5.56 Å². The third-order valence-corrected chi connectivity index (χ3v) is 2.20. The average Bonchev–Trinajstić information content (AvgIpc) is 2.29. The Balaban J connectivity index is 2.68. The summed E-state index contributed by atoms with van der Waals surface area (Å²) in [5.74, 6) is 2.22. The van der Waals surface area contributed by atoms with Crippen LogP contribution >= 0.6 is 11.6 Å². The SMILES string of the molecule is COc1cc(CNCCCl)cc(OC)c1. The van der Waals surface area contributed by atoms with Crippen molar-refractivity contribution in [2.75, 3.05) is 26.6 Å². The highest BCUT2D eigenvalue weighted by Crippen LogP contribution is 2.22. The number of alkyl halides is 1. The van der Waals surface area contributed by atoms with E-state index in [4.69, 9.17) is 21.1 Å². The Morgan fingerprint density at radius 3 is 2.20 bits per heavy atom. The molecule has 0 atom stereocenters. The maximum atomic E-state index is 5.57. The van der Waals surface area contributed by atoms with Gasteiger partial charge in [0.2, 0.25) is 0 Å². The first kappa shape index (κ1) is 12.1. The molecule has 0 aliphatic carbocycles. The highest BCUT2D eigenvalue weighted by molar-refractivity contribution is 6.18. The first-order chi connectivity index (χ1) is 7.30. The molecular weight excluding hydrogens is 214 g/mol. The van der Waals surface area contributed by atoms with E-state index >= 15 is 0 Å². The van der Waals surface area contributed by atoms with Crippen LogP contribution in [0.2, 0.25) is 0 Å². The van der Waals surface area contributed by atoms with Crippen LogP contribution in [0, 0.1) is 0 Å². The number of halogens is 1. The number of benzene rings is 1. The van der Waals surface area contributed by atoms with Gasteiger partial charge in [-0.25, -0.2) is 0 Å². The quantitative estimate of drug-likeness (QED) is 0.598. The summed E-state index contributed by atoms with van der Waals surface area (Å²) in [7, 11) is 3.29. The summed E-state index contributed by atoms with van der Waals surface area (Å²) in [6.45, 7) is 1.56. The summed E-state index contributed by atoms with van der Waals surface area (Å²) in [6, 6.07) is 5.80. The summed E-state index contributed by atoms with van der Waals surface area (Å²) in [4.78, 5) is 0. The molecule has 0 aromatic heterocycles. The van der Waals surface area contributed by atoms with Gasteiger partial charge in [0.25, 0.3) is 0 Å². The molecule has 0 spiro atoms. The highest BCUT2D eigenvalue weighted by atomic mass is 35.5. The number of hydrogen-bond donors (Lipinski definition) is 1. The largest absolute Gasteiger partial charge is 0.497 e. The molecule has 4 heteroatoms. The second kappa shape index (κ2) is 6.53. The van der Waals surface area contributed by atoms with E-state index in [1.807, 2.05) is 18.2 Å². The summed E-state index contributed by atoms with van der Waals surface area (Å²) >= 11 is 5.57. The maximum absolute atomic E-state index is 5.57. The summed E-state index contributed by atoms with van der Waals surface area (Å²) in [6.07, 6.45) is 0. The van der Waals surface area contributed by atoms with E-state index in [1.54, 1.807) is 14.2 Å². The van der Waals surface area contributed by atoms with Crippen molar-refractivity contribution in [1.29, 1.82) is 0 Å². The Morgan fingerprint density at radius 2 is 1.73 bits per heavy atom. The normalized spacial score (nSPS) is 10.1.